The number of aromatic nitrogens is 1. The summed E-state index contributed by atoms with van der Waals surface area (Å²) in [6.45, 7) is 3.13. The molecule has 0 saturated heterocycles. The van der Waals surface area contributed by atoms with E-state index in [0.717, 1.165) is 6.54 Å². The molecule has 0 N–H and O–H groups in total. The molecule has 0 unspecified atom stereocenters. The molecular weight excluding hydrogens is 356 g/mol. The Hall–Kier alpha value is -2.22. The zero-order chi connectivity index (χ0) is 19.6. The van der Waals surface area contributed by atoms with Crippen LogP contribution in [0.15, 0.2) is 60.8 Å². The highest BCUT2D eigenvalue weighted by atomic mass is 35.7. The number of allylic oxidation sites excluding steroid dienone is 2. The molecule has 140 valence electrons. The molecule has 0 saturated carbocycles. The summed E-state index contributed by atoms with van der Waals surface area (Å²) in [6.07, 6.45) is 10.6. The average Bonchev–Trinajstić information content (AvgIpc) is 2.58. The summed E-state index contributed by atoms with van der Waals surface area (Å²) in [5.74, 6) is 0. The molecule has 0 spiro atoms. The molecule has 0 bridgehead atoms. The van der Waals surface area contributed by atoms with Crippen LogP contribution in [0.4, 0.5) is 5.69 Å². The number of nitrogens with zero attached hydrogens (tertiary/aromatic N) is 2. The molecule has 7 heteroatoms. The summed E-state index contributed by atoms with van der Waals surface area (Å²) in [4.78, 5) is 2.13. The summed E-state index contributed by atoms with van der Waals surface area (Å²) in [7, 11) is -0.812. The van der Waals surface area contributed by atoms with Crippen molar-refractivity contribution in [3.05, 3.63) is 72.1 Å². The van der Waals surface area contributed by atoms with Crippen LogP contribution in [0.3, 0.4) is 0 Å². The SMILES string of the molecule is CC[n+]1ccccc1C=CC=Cc1ccccc1N(C)C.[O-][Cl+3]([O-])([O-])[O-]. The van der Waals surface area contributed by atoms with Gasteiger partial charge in [-0.25, -0.2) is 18.6 Å². The van der Waals surface area contributed by atoms with Gasteiger partial charge in [-0.1, -0.05) is 36.4 Å². The summed E-state index contributed by atoms with van der Waals surface area (Å²) < 4.78 is 36.2. The van der Waals surface area contributed by atoms with E-state index in [0.29, 0.717) is 0 Å². The van der Waals surface area contributed by atoms with Crippen molar-refractivity contribution < 1.29 is 33.4 Å². The zero-order valence-electron chi connectivity index (χ0n) is 15.0. The number of hydrogen-bond donors (Lipinski definition) is 0. The largest absolute Gasteiger partial charge is 0.377 e. The first kappa shape index (κ1) is 21.8. The lowest BCUT2D eigenvalue weighted by molar-refractivity contribution is -2.00. The summed E-state index contributed by atoms with van der Waals surface area (Å²) in [5, 5.41) is 0. The Morgan fingerprint density at radius 2 is 1.50 bits per heavy atom. The molecule has 0 amide bonds. The lowest BCUT2D eigenvalue weighted by atomic mass is 10.1. The smallest absolute Gasteiger partial charge is 0.205 e. The van der Waals surface area contributed by atoms with Crippen LogP contribution in [0.5, 0.6) is 0 Å². The Morgan fingerprint density at radius 3 is 2.12 bits per heavy atom. The van der Waals surface area contributed by atoms with Crippen molar-refractivity contribution in [2.24, 2.45) is 0 Å². The van der Waals surface area contributed by atoms with Gasteiger partial charge in [-0.15, -0.1) is 10.2 Å². The van der Waals surface area contributed by atoms with Crippen molar-refractivity contribution in [2.45, 2.75) is 13.5 Å². The molecule has 1 aromatic heterocycles. The minimum atomic E-state index is -4.94. The maximum atomic E-state index is 8.49. The summed E-state index contributed by atoms with van der Waals surface area (Å²) in [5.41, 5.74) is 3.67. The third-order valence-electron chi connectivity index (χ3n) is 3.39. The van der Waals surface area contributed by atoms with Crippen molar-refractivity contribution in [1.82, 2.24) is 0 Å². The number of anilines is 1. The third kappa shape index (κ3) is 8.75. The monoisotopic (exact) mass is 378 g/mol. The molecule has 0 aliphatic carbocycles. The normalized spacial score (nSPS) is 11.5. The molecule has 2 aromatic rings. The molecule has 26 heavy (non-hydrogen) atoms. The van der Waals surface area contributed by atoms with Crippen LogP contribution >= 0.6 is 0 Å². The van der Waals surface area contributed by atoms with Gasteiger partial charge in [0.25, 0.3) is 0 Å². The number of pyridine rings is 1. The van der Waals surface area contributed by atoms with Gasteiger partial charge in [0, 0.05) is 38.0 Å². The van der Waals surface area contributed by atoms with E-state index >= 15 is 0 Å². The van der Waals surface area contributed by atoms with E-state index in [4.69, 9.17) is 18.6 Å². The van der Waals surface area contributed by atoms with Gasteiger partial charge >= 0.3 is 0 Å². The maximum absolute atomic E-state index is 8.49. The van der Waals surface area contributed by atoms with Crippen molar-refractivity contribution in [2.75, 3.05) is 19.0 Å². The van der Waals surface area contributed by atoms with Crippen LogP contribution in [-0.2, 0) is 6.54 Å². The fourth-order valence-corrected chi connectivity index (χ4v) is 2.28. The standard InChI is InChI=1S/C19H23N2.ClHO4/c1-4-21-16-10-9-14-18(21)13-7-5-11-17-12-6-8-15-19(17)20(2)3;2-1(3,4)5/h5-16H,4H2,1-3H3;(H,2,3,4,5)/q+1;/p-1. The van der Waals surface area contributed by atoms with E-state index in [-0.39, 0.29) is 0 Å². The highest BCUT2D eigenvalue weighted by Crippen LogP contribution is 2.19. The van der Waals surface area contributed by atoms with E-state index in [1.165, 1.54) is 16.9 Å². The molecule has 0 fully saturated rings. The van der Waals surface area contributed by atoms with Crippen molar-refractivity contribution in [3.63, 3.8) is 0 Å². The first-order valence-electron chi connectivity index (χ1n) is 7.93. The van der Waals surface area contributed by atoms with E-state index < -0.39 is 10.2 Å². The molecule has 2 rings (SSSR count). The molecule has 1 heterocycles. The van der Waals surface area contributed by atoms with Gasteiger partial charge in [0.15, 0.2) is 6.20 Å². The summed E-state index contributed by atoms with van der Waals surface area (Å²) in [6, 6.07) is 14.7. The van der Waals surface area contributed by atoms with Gasteiger partial charge in [-0.05, 0) is 24.6 Å². The van der Waals surface area contributed by atoms with E-state index in [2.05, 4.69) is 103 Å². The molecule has 0 atom stereocenters. The molecule has 6 nitrogen and oxygen atoms in total. The van der Waals surface area contributed by atoms with Crippen molar-refractivity contribution >= 4 is 17.8 Å². The number of aryl methyl sites for hydroxylation is 1. The summed E-state index contributed by atoms with van der Waals surface area (Å²) >= 11 is 0. The zero-order valence-corrected chi connectivity index (χ0v) is 15.8. The Kier molecular flexibility index (Phi) is 8.98. The first-order valence-corrected chi connectivity index (χ1v) is 9.17. The van der Waals surface area contributed by atoms with Gasteiger partial charge in [0.2, 0.25) is 5.69 Å². The minimum Gasteiger partial charge on any atom is -0.377 e. The van der Waals surface area contributed by atoms with Gasteiger partial charge in [0.05, 0.1) is 0 Å². The van der Waals surface area contributed by atoms with Crippen molar-refractivity contribution in [1.29, 1.82) is 0 Å². The van der Waals surface area contributed by atoms with E-state index in [1.54, 1.807) is 0 Å². The molecule has 1 aromatic carbocycles. The van der Waals surface area contributed by atoms with Gasteiger partial charge < -0.3 is 4.90 Å². The first-order chi connectivity index (χ1) is 12.2. The minimum absolute atomic E-state index is 0.980. The molecular formula is C19H23ClN2O4. The van der Waals surface area contributed by atoms with Gasteiger partial charge in [-0.2, -0.15) is 4.57 Å². The molecule has 0 radical (unpaired) electrons. The average molecular weight is 379 g/mol. The van der Waals surface area contributed by atoms with Crippen LogP contribution in [0.2, 0.25) is 0 Å². The number of para-hydroxylation sites is 1. The Labute approximate surface area is 156 Å². The lowest BCUT2D eigenvalue weighted by Crippen LogP contribution is -2.68. The fourth-order valence-electron chi connectivity index (χ4n) is 2.28. The van der Waals surface area contributed by atoms with Crippen molar-refractivity contribution in [3.8, 4) is 0 Å². The van der Waals surface area contributed by atoms with Gasteiger partial charge in [0.1, 0.15) is 6.54 Å². The maximum Gasteiger partial charge on any atom is 0.205 e. The predicted octanol–water partition coefficient (Wildman–Crippen LogP) is -0.969. The van der Waals surface area contributed by atoms with E-state index in [9.17, 15) is 0 Å². The van der Waals surface area contributed by atoms with Crippen LogP contribution in [-0.4, -0.2) is 14.1 Å². The van der Waals surface area contributed by atoms with Crippen LogP contribution in [0, 0.1) is 10.2 Å². The molecule has 0 aliphatic heterocycles. The number of halogens is 1. The van der Waals surface area contributed by atoms with Gasteiger partial charge in [-0.3, -0.25) is 0 Å². The number of hydrogen-bond acceptors (Lipinski definition) is 5. The Morgan fingerprint density at radius 1 is 0.923 bits per heavy atom. The lowest BCUT2D eigenvalue weighted by Gasteiger charge is -2.17. The quantitative estimate of drug-likeness (QED) is 0.492. The highest BCUT2D eigenvalue weighted by molar-refractivity contribution is 5.68. The second kappa shape index (κ2) is 10.7. The second-order valence-electron chi connectivity index (χ2n) is 5.46. The topological polar surface area (TPSA) is 99.4 Å². The van der Waals surface area contributed by atoms with Crippen LogP contribution in [0.1, 0.15) is 18.2 Å². The predicted molar refractivity (Wildman–Crippen MR) is 91.1 cm³/mol. The number of rotatable bonds is 5. The fraction of sp³-hybridized carbons (Fsp3) is 0.211. The highest BCUT2D eigenvalue weighted by Gasteiger charge is 2.01. The Bertz CT molecular complexity index is 734. The van der Waals surface area contributed by atoms with Crippen LogP contribution < -0.4 is 28.1 Å². The second-order valence-corrected chi connectivity index (χ2v) is 6.22. The third-order valence-corrected chi connectivity index (χ3v) is 3.39. The van der Waals surface area contributed by atoms with Crippen LogP contribution in [0.25, 0.3) is 12.2 Å². The Balaban J connectivity index is 0.000000597. The number of benzene rings is 1. The molecule has 0 aliphatic rings. The van der Waals surface area contributed by atoms with E-state index in [1.807, 2.05) is 0 Å².